The highest BCUT2D eigenvalue weighted by molar-refractivity contribution is 6.88. The van der Waals surface area contributed by atoms with Crippen LogP contribution in [0.15, 0.2) is 24.3 Å². The molecule has 0 aliphatic heterocycles. The quantitative estimate of drug-likeness (QED) is 0.626. The molecule has 0 aromatic heterocycles. The van der Waals surface area contributed by atoms with Crippen LogP contribution in [0.2, 0.25) is 19.6 Å². The second kappa shape index (κ2) is 5.00. The lowest BCUT2D eigenvalue weighted by Gasteiger charge is -2.16. The Morgan fingerprint density at radius 1 is 1.38 bits per heavy atom. The van der Waals surface area contributed by atoms with Crippen LogP contribution in [0.1, 0.15) is 12.0 Å². The second-order valence-electron chi connectivity index (χ2n) is 4.70. The minimum absolute atomic E-state index is 0.100. The average Bonchev–Trinajstić information content (AvgIpc) is 2.16. The van der Waals surface area contributed by atoms with Crippen LogP contribution >= 0.6 is 0 Å². The van der Waals surface area contributed by atoms with E-state index in [9.17, 15) is 4.79 Å². The zero-order valence-electron chi connectivity index (χ0n) is 9.87. The van der Waals surface area contributed by atoms with Gasteiger partial charge in [-0.1, -0.05) is 48.8 Å². The Balaban J connectivity index is 2.90. The van der Waals surface area contributed by atoms with Gasteiger partial charge < -0.3 is 5.11 Å². The Labute approximate surface area is 97.3 Å². The Morgan fingerprint density at radius 3 is 2.62 bits per heavy atom. The summed E-state index contributed by atoms with van der Waals surface area (Å²) in [5.74, 6) is 4.64. The van der Waals surface area contributed by atoms with E-state index in [4.69, 9.17) is 5.11 Å². The van der Waals surface area contributed by atoms with Crippen LogP contribution in [0.5, 0.6) is 0 Å². The van der Waals surface area contributed by atoms with E-state index >= 15 is 0 Å². The summed E-state index contributed by atoms with van der Waals surface area (Å²) in [4.78, 5) is 10.3. The molecule has 0 amide bonds. The van der Waals surface area contributed by atoms with Crippen molar-refractivity contribution in [2.24, 2.45) is 0 Å². The van der Waals surface area contributed by atoms with Gasteiger partial charge in [0.1, 0.15) is 6.42 Å². The van der Waals surface area contributed by atoms with Crippen molar-refractivity contribution in [3.63, 3.8) is 0 Å². The Hall–Kier alpha value is -1.53. The van der Waals surface area contributed by atoms with Gasteiger partial charge in [-0.3, -0.25) is 4.79 Å². The maximum absolute atomic E-state index is 10.3. The molecule has 0 radical (unpaired) electrons. The van der Waals surface area contributed by atoms with Gasteiger partial charge in [0.05, 0.1) is 8.07 Å². The molecule has 1 aromatic carbocycles. The summed E-state index contributed by atoms with van der Waals surface area (Å²) in [7, 11) is -1.31. The van der Waals surface area contributed by atoms with Gasteiger partial charge in [0.2, 0.25) is 0 Å². The molecule has 0 heterocycles. The summed E-state index contributed by atoms with van der Waals surface area (Å²) in [5, 5.41) is 9.82. The highest BCUT2D eigenvalue weighted by atomic mass is 28.3. The van der Waals surface area contributed by atoms with Gasteiger partial charge in [-0.15, -0.1) is 0 Å². The predicted octanol–water partition coefficient (Wildman–Crippen LogP) is 2.06. The third kappa shape index (κ3) is 3.91. The fraction of sp³-hybridized carbons (Fsp3) is 0.308. The number of carboxylic acid groups (broad SMARTS) is 1. The van der Waals surface area contributed by atoms with Gasteiger partial charge in [0.25, 0.3) is 0 Å². The number of carboxylic acids is 1. The van der Waals surface area contributed by atoms with Crippen molar-refractivity contribution in [3.8, 4) is 11.8 Å². The smallest absolute Gasteiger partial charge is 0.315 e. The van der Waals surface area contributed by atoms with E-state index in [2.05, 4.69) is 43.6 Å². The molecule has 0 bridgehead atoms. The van der Waals surface area contributed by atoms with E-state index in [0.717, 1.165) is 5.56 Å². The molecule has 0 atom stereocenters. The van der Waals surface area contributed by atoms with E-state index in [-0.39, 0.29) is 6.42 Å². The normalized spacial score (nSPS) is 10.4. The highest BCUT2D eigenvalue weighted by Crippen LogP contribution is 2.04. The van der Waals surface area contributed by atoms with Crippen molar-refractivity contribution in [3.05, 3.63) is 29.8 Å². The minimum Gasteiger partial charge on any atom is -0.481 e. The lowest BCUT2D eigenvalue weighted by Crippen LogP contribution is -2.37. The first-order valence-corrected chi connectivity index (χ1v) is 8.71. The molecule has 0 aliphatic carbocycles. The molecular weight excluding hydrogens is 216 g/mol. The number of aliphatic carboxylic acids is 1. The van der Waals surface area contributed by atoms with Gasteiger partial charge in [-0.25, -0.2) is 0 Å². The average molecular weight is 232 g/mol. The van der Waals surface area contributed by atoms with E-state index in [1.54, 1.807) is 0 Å². The number of carbonyl (C=O) groups is 1. The lowest BCUT2D eigenvalue weighted by molar-refractivity contribution is -0.135. The summed E-state index contributed by atoms with van der Waals surface area (Å²) in [6.07, 6.45) is -0.100. The van der Waals surface area contributed by atoms with Gasteiger partial charge in [-0.05, 0) is 12.1 Å². The van der Waals surface area contributed by atoms with Crippen LogP contribution in [-0.2, 0) is 4.79 Å². The van der Waals surface area contributed by atoms with E-state index in [1.807, 2.05) is 12.1 Å². The fourth-order valence-corrected chi connectivity index (χ4v) is 2.47. The summed E-state index contributed by atoms with van der Waals surface area (Å²) >= 11 is 0. The van der Waals surface area contributed by atoms with Crippen LogP contribution in [-0.4, -0.2) is 19.1 Å². The molecular formula is C13H16O2Si. The van der Waals surface area contributed by atoms with E-state index < -0.39 is 14.0 Å². The third-order valence-electron chi connectivity index (χ3n) is 2.20. The molecule has 0 aliphatic rings. The minimum atomic E-state index is -1.31. The molecule has 0 unspecified atom stereocenters. The standard InChI is InChI=1S/C13H16O2Si/c1-16(2,3)12-8-4-6-11(10-12)7-5-9-13(14)15/h4,6,8,10H,9H2,1-3H3,(H,14,15). The van der Waals surface area contributed by atoms with Crippen molar-refractivity contribution < 1.29 is 9.90 Å². The predicted molar refractivity (Wildman–Crippen MR) is 68.6 cm³/mol. The molecule has 0 spiro atoms. The highest BCUT2D eigenvalue weighted by Gasteiger charge is 2.15. The van der Waals surface area contributed by atoms with Gasteiger partial charge in [0.15, 0.2) is 0 Å². The second-order valence-corrected chi connectivity index (χ2v) is 9.78. The first-order chi connectivity index (χ1) is 7.39. The van der Waals surface area contributed by atoms with Crippen LogP contribution in [0.4, 0.5) is 0 Å². The Kier molecular flexibility index (Phi) is 3.91. The number of hydrogen-bond acceptors (Lipinski definition) is 1. The first-order valence-electron chi connectivity index (χ1n) is 5.21. The largest absolute Gasteiger partial charge is 0.481 e. The Morgan fingerprint density at radius 2 is 2.06 bits per heavy atom. The molecule has 1 aromatic rings. The van der Waals surface area contributed by atoms with Gasteiger partial charge in [-0.2, -0.15) is 0 Å². The van der Waals surface area contributed by atoms with Crippen LogP contribution in [0, 0.1) is 11.8 Å². The van der Waals surface area contributed by atoms with Crippen LogP contribution in [0.3, 0.4) is 0 Å². The maximum atomic E-state index is 10.3. The number of benzene rings is 1. The van der Waals surface area contributed by atoms with Crippen molar-refractivity contribution in [1.82, 2.24) is 0 Å². The fourth-order valence-electron chi connectivity index (χ4n) is 1.29. The molecule has 0 saturated heterocycles. The molecule has 16 heavy (non-hydrogen) atoms. The monoisotopic (exact) mass is 232 g/mol. The molecule has 3 heteroatoms. The zero-order valence-corrected chi connectivity index (χ0v) is 10.9. The maximum Gasteiger partial charge on any atom is 0.315 e. The summed E-state index contributed by atoms with van der Waals surface area (Å²) in [6.45, 7) is 6.82. The molecule has 0 saturated carbocycles. The number of hydrogen-bond donors (Lipinski definition) is 1. The SMILES string of the molecule is C[Si](C)(C)c1cccc(C#CCC(=O)O)c1. The molecule has 1 rings (SSSR count). The zero-order chi connectivity index (χ0) is 12.2. The molecule has 84 valence electrons. The van der Waals surface area contributed by atoms with Crippen molar-refractivity contribution >= 4 is 19.2 Å². The van der Waals surface area contributed by atoms with Crippen molar-refractivity contribution in [1.29, 1.82) is 0 Å². The van der Waals surface area contributed by atoms with E-state index in [0.29, 0.717) is 0 Å². The summed E-state index contributed by atoms with van der Waals surface area (Å²) < 4.78 is 0. The summed E-state index contributed by atoms with van der Waals surface area (Å²) in [5.41, 5.74) is 0.904. The number of rotatable bonds is 2. The molecule has 2 nitrogen and oxygen atoms in total. The Bertz CT molecular complexity index is 447. The molecule has 1 N–H and O–H groups in total. The topological polar surface area (TPSA) is 37.3 Å². The summed E-state index contributed by atoms with van der Waals surface area (Å²) in [6, 6.07) is 8.09. The van der Waals surface area contributed by atoms with Crippen LogP contribution in [0.25, 0.3) is 0 Å². The lowest BCUT2D eigenvalue weighted by atomic mass is 10.2. The van der Waals surface area contributed by atoms with Crippen molar-refractivity contribution in [2.45, 2.75) is 26.1 Å². The van der Waals surface area contributed by atoms with E-state index in [1.165, 1.54) is 5.19 Å². The van der Waals surface area contributed by atoms with Crippen LogP contribution < -0.4 is 5.19 Å². The van der Waals surface area contributed by atoms with Gasteiger partial charge in [0, 0.05) is 5.56 Å². The third-order valence-corrected chi connectivity index (χ3v) is 4.24. The van der Waals surface area contributed by atoms with Gasteiger partial charge >= 0.3 is 5.97 Å². The van der Waals surface area contributed by atoms with Crippen molar-refractivity contribution in [2.75, 3.05) is 0 Å². The molecule has 0 fully saturated rings. The first kappa shape index (κ1) is 12.5.